The molecule has 4 heteroatoms. The Hall–Kier alpha value is -1.84. The van der Waals surface area contributed by atoms with Crippen LogP contribution in [0.4, 0.5) is 0 Å². The second-order valence-corrected chi connectivity index (χ2v) is 4.65. The largest absolute Gasteiger partial charge is 0.348 e. The van der Waals surface area contributed by atoms with Crippen molar-refractivity contribution in [3.05, 3.63) is 70.2 Å². The predicted molar refractivity (Wildman–Crippen MR) is 77.0 cm³/mol. The number of nitrogens with one attached hydrogen (secondary N) is 1. The van der Waals surface area contributed by atoms with Crippen molar-refractivity contribution in [2.24, 2.45) is 5.73 Å². The maximum absolute atomic E-state index is 11.9. The summed E-state index contributed by atoms with van der Waals surface area (Å²) in [7, 11) is 0. The normalized spacial score (nSPS) is 10.2. The van der Waals surface area contributed by atoms with Gasteiger partial charge < -0.3 is 11.1 Å². The Morgan fingerprint density at radius 3 is 2.42 bits per heavy atom. The molecule has 0 radical (unpaired) electrons. The van der Waals surface area contributed by atoms with Crippen LogP contribution >= 0.6 is 11.6 Å². The molecule has 0 atom stereocenters. The summed E-state index contributed by atoms with van der Waals surface area (Å²) in [6.45, 7) is 1.01. The number of rotatable bonds is 4. The molecule has 0 aromatic heterocycles. The van der Waals surface area contributed by atoms with Crippen molar-refractivity contribution >= 4 is 17.5 Å². The van der Waals surface area contributed by atoms with Gasteiger partial charge in [0.15, 0.2) is 0 Å². The lowest BCUT2D eigenvalue weighted by molar-refractivity contribution is 0.0951. The Balaban J connectivity index is 1.96. The molecule has 0 aliphatic carbocycles. The monoisotopic (exact) mass is 274 g/mol. The van der Waals surface area contributed by atoms with Gasteiger partial charge in [-0.25, -0.2) is 0 Å². The Morgan fingerprint density at radius 1 is 1.11 bits per heavy atom. The van der Waals surface area contributed by atoms with Gasteiger partial charge in [0.2, 0.25) is 0 Å². The number of nitrogens with two attached hydrogens (primary N) is 1. The molecular weight excluding hydrogens is 260 g/mol. The molecule has 2 aromatic rings. The highest BCUT2D eigenvalue weighted by Gasteiger charge is 2.05. The van der Waals surface area contributed by atoms with Crippen molar-refractivity contribution in [3.8, 4) is 0 Å². The lowest BCUT2D eigenvalue weighted by Gasteiger charge is -2.06. The summed E-state index contributed by atoms with van der Waals surface area (Å²) in [5.41, 5.74) is 8.20. The summed E-state index contributed by atoms with van der Waals surface area (Å²) in [5, 5.41) is 3.41. The fourth-order valence-electron chi connectivity index (χ4n) is 1.71. The zero-order valence-electron chi connectivity index (χ0n) is 10.4. The Morgan fingerprint density at radius 2 is 1.79 bits per heavy atom. The van der Waals surface area contributed by atoms with Crippen molar-refractivity contribution in [2.45, 2.75) is 13.1 Å². The van der Waals surface area contributed by atoms with E-state index in [1.807, 2.05) is 24.3 Å². The molecule has 0 heterocycles. The second-order valence-electron chi connectivity index (χ2n) is 4.21. The van der Waals surface area contributed by atoms with Crippen molar-refractivity contribution in [2.75, 3.05) is 0 Å². The molecule has 1 amide bonds. The zero-order valence-corrected chi connectivity index (χ0v) is 11.2. The number of benzene rings is 2. The third-order valence-electron chi connectivity index (χ3n) is 2.80. The molecule has 0 spiro atoms. The maximum atomic E-state index is 11.9. The number of hydrogen-bond donors (Lipinski definition) is 2. The molecule has 0 unspecified atom stereocenters. The van der Waals surface area contributed by atoms with E-state index in [-0.39, 0.29) is 5.91 Å². The van der Waals surface area contributed by atoms with Gasteiger partial charge in [-0.2, -0.15) is 0 Å². The van der Waals surface area contributed by atoms with Crippen LogP contribution in [-0.4, -0.2) is 5.91 Å². The van der Waals surface area contributed by atoms with E-state index in [9.17, 15) is 4.79 Å². The van der Waals surface area contributed by atoms with E-state index < -0.39 is 0 Å². The minimum atomic E-state index is -0.134. The average molecular weight is 275 g/mol. The van der Waals surface area contributed by atoms with Gasteiger partial charge in [-0.15, -0.1) is 0 Å². The van der Waals surface area contributed by atoms with Gasteiger partial charge in [-0.1, -0.05) is 41.9 Å². The van der Waals surface area contributed by atoms with Gasteiger partial charge in [0.25, 0.3) is 5.91 Å². The SMILES string of the molecule is NCc1ccc(CNC(=O)c2cccc(Cl)c2)cc1. The van der Waals surface area contributed by atoms with Crippen LogP contribution in [0.15, 0.2) is 48.5 Å². The second kappa shape index (κ2) is 6.36. The summed E-state index contributed by atoms with van der Waals surface area (Å²) < 4.78 is 0. The number of halogens is 1. The summed E-state index contributed by atoms with van der Waals surface area (Å²) in [4.78, 5) is 11.9. The van der Waals surface area contributed by atoms with Crippen LogP contribution < -0.4 is 11.1 Å². The summed E-state index contributed by atoms with van der Waals surface area (Å²) in [6, 6.07) is 14.7. The highest BCUT2D eigenvalue weighted by Crippen LogP contribution is 2.11. The van der Waals surface area contributed by atoms with Gasteiger partial charge in [-0.05, 0) is 29.3 Å². The molecule has 0 aliphatic rings. The highest BCUT2D eigenvalue weighted by atomic mass is 35.5. The molecule has 0 saturated carbocycles. The van der Waals surface area contributed by atoms with E-state index in [0.29, 0.717) is 23.7 Å². The molecule has 0 aliphatic heterocycles. The van der Waals surface area contributed by atoms with E-state index in [1.165, 1.54) is 0 Å². The third-order valence-corrected chi connectivity index (χ3v) is 3.03. The van der Waals surface area contributed by atoms with E-state index in [0.717, 1.165) is 11.1 Å². The van der Waals surface area contributed by atoms with Gasteiger partial charge in [0.05, 0.1) is 0 Å². The van der Waals surface area contributed by atoms with Gasteiger partial charge >= 0.3 is 0 Å². The molecule has 98 valence electrons. The molecule has 19 heavy (non-hydrogen) atoms. The predicted octanol–water partition coefficient (Wildman–Crippen LogP) is 2.73. The van der Waals surface area contributed by atoms with Crippen LogP contribution in [0.25, 0.3) is 0 Å². The first-order valence-electron chi connectivity index (χ1n) is 6.00. The third kappa shape index (κ3) is 3.81. The zero-order chi connectivity index (χ0) is 13.7. The van der Waals surface area contributed by atoms with Crippen LogP contribution in [0.3, 0.4) is 0 Å². The molecule has 0 bridgehead atoms. The van der Waals surface area contributed by atoms with Crippen molar-refractivity contribution in [1.29, 1.82) is 0 Å². The first-order chi connectivity index (χ1) is 9.19. The topological polar surface area (TPSA) is 55.1 Å². The molecule has 3 N–H and O–H groups in total. The molecule has 2 aromatic carbocycles. The molecule has 3 nitrogen and oxygen atoms in total. The summed E-state index contributed by atoms with van der Waals surface area (Å²) in [5.74, 6) is -0.134. The quantitative estimate of drug-likeness (QED) is 0.901. The van der Waals surface area contributed by atoms with E-state index >= 15 is 0 Å². The van der Waals surface area contributed by atoms with Crippen LogP contribution in [0.2, 0.25) is 5.02 Å². The minimum Gasteiger partial charge on any atom is -0.348 e. The smallest absolute Gasteiger partial charge is 0.251 e. The van der Waals surface area contributed by atoms with Crippen LogP contribution in [-0.2, 0) is 13.1 Å². The van der Waals surface area contributed by atoms with E-state index in [1.54, 1.807) is 24.3 Å². The lowest BCUT2D eigenvalue weighted by Crippen LogP contribution is -2.22. The van der Waals surface area contributed by atoms with Crippen molar-refractivity contribution in [1.82, 2.24) is 5.32 Å². The first-order valence-corrected chi connectivity index (χ1v) is 6.38. The highest BCUT2D eigenvalue weighted by molar-refractivity contribution is 6.30. The Kier molecular flexibility index (Phi) is 4.55. The molecular formula is C15H15ClN2O. The van der Waals surface area contributed by atoms with Crippen LogP contribution in [0.1, 0.15) is 21.5 Å². The fourth-order valence-corrected chi connectivity index (χ4v) is 1.90. The summed E-state index contributed by atoms with van der Waals surface area (Å²) >= 11 is 5.85. The van der Waals surface area contributed by atoms with Crippen molar-refractivity contribution < 1.29 is 4.79 Å². The van der Waals surface area contributed by atoms with E-state index in [2.05, 4.69) is 5.32 Å². The number of hydrogen-bond acceptors (Lipinski definition) is 2. The minimum absolute atomic E-state index is 0.134. The standard InChI is InChI=1S/C15H15ClN2O/c16-14-3-1-2-13(8-14)15(19)18-10-12-6-4-11(9-17)5-7-12/h1-8H,9-10,17H2,(H,18,19). The van der Waals surface area contributed by atoms with E-state index in [4.69, 9.17) is 17.3 Å². The fraction of sp³-hybridized carbons (Fsp3) is 0.133. The van der Waals surface area contributed by atoms with Gasteiger partial charge in [-0.3, -0.25) is 4.79 Å². The number of carbonyl (C=O) groups is 1. The Labute approximate surface area is 117 Å². The number of carbonyl (C=O) groups excluding carboxylic acids is 1. The van der Waals surface area contributed by atoms with Crippen LogP contribution in [0.5, 0.6) is 0 Å². The number of amides is 1. The first kappa shape index (κ1) is 13.6. The van der Waals surface area contributed by atoms with Crippen LogP contribution in [0, 0.1) is 0 Å². The Bertz CT molecular complexity index is 567. The van der Waals surface area contributed by atoms with Crippen molar-refractivity contribution in [3.63, 3.8) is 0 Å². The maximum Gasteiger partial charge on any atom is 0.251 e. The molecule has 0 saturated heterocycles. The van der Waals surface area contributed by atoms with Gasteiger partial charge in [0, 0.05) is 23.7 Å². The lowest BCUT2D eigenvalue weighted by atomic mass is 10.1. The molecule has 2 rings (SSSR count). The average Bonchev–Trinajstić information content (AvgIpc) is 2.45. The molecule has 0 fully saturated rings. The van der Waals surface area contributed by atoms with Gasteiger partial charge in [0.1, 0.15) is 0 Å². The summed E-state index contributed by atoms with van der Waals surface area (Å²) in [6.07, 6.45) is 0.